The van der Waals surface area contributed by atoms with Crippen LogP contribution in [0.15, 0.2) is 41.8 Å². The molecule has 1 heterocycles. The summed E-state index contributed by atoms with van der Waals surface area (Å²) in [6.45, 7) is 4.07. The Morgan fingerprint density at radius 2 is 2.15 bits per heavy atom. The second-order valence-corrected chi connectivity index (χ2v) is 5.73. The zero-order valence-corrected chi connectivity index (χ0v) is 12.3. The van der Waals surface area contributed by atoms with Crippen molar-refractivity contribution in [3.05, 3.63) is 42.2 Å². The molecule has 6 heteroatoms. The molecule has 0 radical (unpaired) electrons. The number of nitrogens with zero attached hydrogens (tertiary/aromatic N) is 3. The van der Waals surface area contributed by atoms with E-state index in [1.54, 1.807) is 0 Å². The first-order valence-electron chi connectivity index (χ1n) is 6.39. The third-order valence-corrected chi connectivity index (χ3v) is 3.86. The molecule has 2 N–H and O–H groups in total. The van der Waals surface area contributed by atoms with Crippen molar-refractivity contribution in [1.82, 2.24) is 20.5 Å². The molecular formula is C14H17N5S. The molecule has 0 saturated heterocycles. The van der Waals surface area contributed by atoms with E-state index in [1.165, 1.54) is 18.1 Å². The average Bonchev–Trinajstić information content (AvgIpc) is 2.97. The predicted molar refractivity (Wildman–Crippen MR) is 79.1 cm³/mol. The molecule has 104 valence electrons. The maximum absolute atomic E-state index is 9.74. The van der Waals surface area contributed by atoms with E-state index in [9.17, 15) is 5.26 Å². The van der Waals surface area contributed by atoms with Crippen molar-refractivity contribution in [1.29, 1.82) is 5.26 Å². The molecule has 1 atom stereocenters. The van der Waals surface area contributed by atoms with Gasteiger partial charge in [-0.15, -0.1) is 0 Å². The van der Waals surface area contributed by atoms with E-state index in [4.69, 9.17) is 0 Å². The van der Waals surface area contributed by atoms with E-state index in [1.807, 2.05) is 44.2 Å². The van der Waals surface area contributed by atoms with Gasteiger partial charge in [0.25, 0.3) is 0 Å². The Morgan fingerprint density at radius 1 is 1.40 bits per heavy atom. The number of aromatic nitrogens is 3. The zero-order valence-electron chi connectivity index (χ0n) is 11.5. The van der Waals surface area contributed by atoms with Crippen LogP contribution in [0.4, 0.5) is 0 Å². The van der Waals surface area contributed by atoms with Gasteiger partial charge in [-0.25, -0.2) is 4.98 Å². The number of aromatic amines is 1. The Kier molecular flexibility index (Phi) is 4.77. The van der Waals surface area contributed by atoms with Crippen LogP contribution in [-0.2, 0) is 5.54 Å². The van der Waals surface area contributed by atoms with Crippen molar-refractivity contribution < 1.29 is 0 Å². The topological polar surface area (TPSA) is 77.4 Å². The van der Waals surface area contributed by atoms with Crippen molar-refractivity contribution in [3.63, 3.8) is 0 Å². The molecular weight excluding hydrogens is 270 g/mol. The highest BCUT2D eigenvalue weighted by atomic mass is 32.2. The first kappa shape index (κ1) is 14.6. The van der Waals surface area contributed by atoms with Crippen molar-refractivity contribution in [2.24, 2.45) is 0 Å². The summed E-state index contributed by atoms with van der Waals surface area (Å²) in [5.74, 6) is 0.556. The Morgan fingerprint density at radius 3 is 2.70 bits per heavy atom. The van der Waals surface area contributed by atoms with Crippen molar-refractivity contribution in [2.75, 3.05) is 5.75 Å². The lowest BCUT2D eigenvalue weighted by Gasteiger charge is -2.30. The van der Waals surface area contributed by atoms with Crippen LogP contribution in [0.3, 0.4) is 0 Å². The van der Waals surface area contributed by atoms with Crippen LogP contribution < -0.4 is 5.32 Å². The molecule has 2 aromatic rings. The van der Waals surface area contributed by atoms with E-state index >= 15 is 0 Å². The number of benzene rings is 1. The third-order valence-electron chi connectivity index (χ3n) is 2.81. The fourth-order valence-electron chi connectivity index (χ4n) is 1.99. The van der Waals surface area contributed by atoms with Crippen LogP contribution in [0.1, 0.15) is 19.4 Å². The Bertz CT molecular complexity index is 561. The summed E-state index contributed by atoms with van der Waals surface area (Å²) in [7, 11) is 0. The molecule has 0 amide bonds. The van der Waals surface area contributed by atoms with Gasteiger partial charge < -0.3 is 0 Å². The number of thioether (sulfide) groups is 1. The van der Waals surface area contributed by atoms with E-state index in [-0.39, 0.29) is 6.04 Å². The lowest BCUT2D eigenvalue weighted by molar-refractivity contribution is 0.425. The normalized spacial score (nSPS) is 13.9. The maximum Gasteiger partial charge on any atom is 0.183 e. The fourth-order valence-corrected chi connectivity index (χ4v) is 2.90. The number of nitriles is 1. The quantitative estimate of drug-likeness (QED) is 0.797. The lowest BCUT2D eigenvalue weighted by atomic mass is 9.92. The number of H-pyrrole nitrogens is 1. The zero-order chi connectivity index (χ0) is 14.4. The van der Waals surface area contributed by atoms with Gasteiger partial charge in [0.15, 0.2) is 5.16 Å². The smallest absolute Gasteiger partial charge is 0.183 e. The van der Waals surface area contributed by atoms with E-state index in [0.717, 1.165) is 5.56 Å². The van der Waals surface area contributed by atoms with Crippen LogP contribution in [0.5, 0.6) is 0 Å². The van der Waals surface area contributed by atoms with Crippen molar-refractivity contribution in [2.45, 2.75) is 30.6 Å². The van der Waals surface area contributed by atoms with Gasteiger partial charge in [0.05, 0.1) is 6.07 Å². The summed E-state index contributed by atoms with van der Waals surface area (Å²) >= 11 is 1.48. The van der Waals surface area contributed by atoms with E-state index in [0.29, 0.717) is 10.9 Å². The van der Waals surface area contributed by atoms with Gasteiger partial charge in [-0.2, -0.15) is 10.4 Å². The van der Waals surface area contributed by atoms with Crippen LogP contribution in [0.25, 0.3) is 0 Å². The van der Waals surface area contributed by atoms with Gasteiger partial charge in [0.2, 0.25) is 0 Å². The van der Waals surface area contributed by atoms with Crippen molar-refractivity contribution >= 4 is 11.8 Å². The van der Waals surface area contributed by atoms with E-state index < -0.39 is 5.54 Å². The van der Waals surface area contributed by atoms with Gasteiger partial charge in [-0.3, -0.25) is 10.4 Å². The molecule has 20 heavy (non-hydrogen) atoms. The molecule has 1 unspecified atom stereocenters. The van der Waals surface area contributed by atoms with Crippen LogP contribution in [-0.4, -0.2) is 27.0 Å². The van der Waals surface area contributed by atoms with Gasteiger partial charge >= 0.3 is 0 Å². The Balaban J connectivity index is 2.25. The third kappa shape index (κ3) is 3.38. The Hall–Kier alpha value is -1.84. The molecule has 1 aromatic heterocycles. The van der Waals surface area contributed by atoms with E-state index in [2.05, 4.69) is 26.6 Å². The second-order valence-electron chi connectivity index (χ2n) is 4.76. The average molecular weight is 287 g/mol. The SMILES string of the molecule is CC(C)NC(C#N)(CSc1ncn[nH]1)c1ccccc1. The largest absolute Gasteiger partial charge is 0.293 e. The molecule has 5 nitrogen and oxygen atoms in total. The van der Waals surface area contributed by atoms with Gasteiger partial charge in [-0.05, 0) is 19.4 Å². The lowest BCUT2D eigenvalue weighted by Crippen LogP contribution is -2.47. The second kappa shape index (κ2) is 6.55. The van der Waals surface area contributed by atoms with Crippen LogP contribution in [0.2, 0.25) is 0 Å². The highest BCUT2D eigenvalue weighted by Crippen LogP contribution is 2.28. The summed E-state index contributed by atoms with van der Waals surface area (Å²) in [4.78, 5) is 4.09. The molecule has 0 fully saturated rings. The molecule has 0 saturated carbocycles. The summed E-state index contributed by atoms with van der Waals surface area (Å²) in [5, 5.41) is 20.5. The molecule has 2 rings (SSSR count). The number of hydrogen-bond donors (Lipinski definition) is 2. The molecule has 0 aliphatic carbocycles. The minimum Gasteiger partial charge on any atom is -0.293 e. The fraction of sp³-hybridized carbons (Fsp3) is 0.357. The van der Waals surface area contributed by atoms with Gasteiger partial charge in [0.1, 0.15) is 11.9 Å². The maximum atomic E-state index is 9.74. The van der Waals surface area contributed by atoms with Gasteiger partial charge in [-0.1, -0.05) is 42.1 Å². The van der Waals surface area contributed by atoms with Crippen LogP contribution >= 0.6 is 11.8 Å². The number of hydrogen-bond acceptors (Lipinski definition) is 5. The summed E-state index contributed by atoms with van der Waals surface area (Å²) < 4.78 is 0. The number of rotatable bonds is 6. The van der Waals surface area contributed by atoms with Gasteiger partial charge in [0, 0.05) is 11.8 Å². The molecule has 0 bridgehead atoms. The van der Waals surface area contributed by atoms with Crippen LogP contribution in [0, 0.1) is 11.3 Å². The molecule has 0 spiro atoms. The summed E-state index contributed by atoms with van der Waals surface area (Å²) in [5.41, 5.74) is 0.218. The van der Waals surface area contributed by atoms with Crippen molar-refractivity contribution in [3.8, 4) is 6.07 Å². The first-order chi connectivity index (χ1) is 9.66. The number of nitrogens with one attached hydrogen (secondary N) is 2. The first-order valence-corrected chi connectivity index (χ1v) is 7.37. The molecule has 0 aliphatic heterocycles. The minimum absolute atomic E-state index is 0.199. The standard InChI is InChI=1S/C14H17N5S/c1-11(2)18-14(8-15,12-6-4-3-5-7-12)9-20-13-16-10-17-19-13/h3-7,10-11,18H,9H2,1-2H3,(H,16,17,19). The molecule has 1 aromatic carbocycles. The highest BCUT2D eigenvalue weighted by Gasteiger charge is 2.33. The minimum atomic E-state index is -0.743. The highest BCUT2D eigenvalue weighted by molar-refractivity contribution is 7.99. The Labute approximate surface area is 122 Å². The summed E-state index contributed by atoms with van der Waals surface area (Å²) in [6.07, 6.45) is 1.47. The predicted octanol–water partition coefficient (Wildman–Crippen LogP) is 2.31. The monoisotopic (exact) mass is 287 g/mol. The molecule has 0 aliphatic rings. The summed E-state index contributed by atoms with van der Waals surface area (Å²) in [6, 6.07) is 12.4.